The predicted octanol–water partition coefficient (Wildman–Crippen LogP) is 5.10. The van der Waals surface area contributed by atoms with E-state index in [9.17, 15) is 9.59 Å². The first-order chi connectivity index (χ1) is 29.9. The van der Waals surface area contributed by atoms with Crippen LogP contribution in [0.15, 0.2) is 69.9 Å². The fraction of sp³-hybridized carbons (Fsp3) is 0.381. The number of halogens is 2. The lowest BCUT2D eigenvalue weighted by atomic mass is 10.0. The van der Waals surface area contributed by atoms with Crippen LogP contribution in [0, 0.1) is 13.8 Å². The molecule has 6 aromatic rings. The van der Waals surface area contributed by atoms with Gasteiger partial charge in [0, 0.05) is 53.2 Å². The molecule has 3 saturated heterocycles. The number of hydrogen-bond acceptors (Lipinski definition) is 16. The van der Waals surface area contributed by atoms with Gasteiger partial charge in [-0.3, -0.25) is 9.59 Å². The van der Waals surface area contributed by atoms with Gasteiger partial charge in [0.15, 0.2) is 36.1 Å². The van der Waals surface area contributed by atoms with E-state index in [1.807, 2.05) is 38.1 Å². The zero-order valence-electron chi connectivity index (χ0n) is 34.7. The zero-order chi connectivity index (χ0) is 43.3. The van der Waals surface area contributed by atoms with Gasteiger partial charge in [-0.2, -0.15) is 9.97 Å². The van der Waals surface area contributed by atoms with E-state index in [2.05, 4.69) is 116 Å². The SMILES string of the molecule is Cc1nc(N2CC3CC2CN3)nc2ncc(NC(=O)COc3ccc(Br)cc3)nc12.Cc1nc(N2CCC(N(C)C)CC2)nc2ncc(NC(=O)COc3ccc(Br)cc3)nc12. The van der Waals surface area contributed by atoms with Crippen LogP contribution in [0.5, 0.6) is 11.5 Å². The van der Waals surface area contributed by atoms with Crippen LogP contribution in [0.3, 0.4) is 0 Å². The van der Waals surface area contributed by atoms with Gasteiger partial charge in [0.1, 0.15) is 22.5 Å². The fourth-order valence-corrected chi connectivity index (χ4v) is 8.08. The number of piperazine rings is 1. The van der Waals surface area contributed by atoms with E-state index in [0.29, 0.717) is 75.5 Å². The second kappa shape index (κ2) is 19.1. The number of nitrogens with zero attached hydrogens (tertiary/aromatic N) is 11. The third-order valence-electron chi connectivity index (χ3n) is 10.8. The van der Waals surface area contributed by atoms with Crippen LogP contribution in [-0.4, -0.2) is 128 Å². The summed E-state index contributed by atoms with van der Waals surface area (Å²) in [5.41, 5.74) is 3.66. The summed E-state index contributed by atoms with van der Waals surface area (Å²) >= 11 is 6.73. The molecule has 322 valence electrons. The van der Waals surface area contributed by atoms with E-state index in [-0.39, 0.29) is 25.0 Å². The predicted molar refractivity (Wildman–Crippen MR) is 243 cm³/mol. The third kappa shape index (κ3) is 10.5. The Hall–Kier alpha value is -5.70. The van der Waals surface area contributed by atoms with Crippen LogP contribution in [0.1, 0.15) is 30.7 Å². The number of ether oxygens (including phenoxy) is 2. The van der Waals surface area contributed by atoms with E-state index < -0.39 is 0 Å². The monoisotopic (exact) mass is 968 g/mol. The Morgan fingerprint density at radius 3 is 1.71 bits per heavy atom. The van der Waals surface area contributed by atoms with Crippen LogP contribution < -0.4 is 35.2 Å². The second-order valence-corrected chi connectivity index (χ2v) is 17.3. The molecular formula is C42H46Br2N14O4. The number of aryl methyl sites for hydroxylation is 2. The summed E-state index contributed by atoms with van der Waals surface area (Å²) in [6, 6.07) is 16.1. The molecule has 3 fully saturated rings. The molecule has 2 amide bonds. The van der Waals surface area contributed by atoms with Crippen molar-refractivity contribution in [2.45, 2.75) is 51.2 Å². The Bertz CT molecular complexity index is 2560. The Kier molecular flexibility index (Phi) is 13.3. The molecule has 0 spiro atoms. The molecule has 62 heavy (non-hydrogen) atoms. The molecule has 2 aromatic carbocycles. The number of fused-ring (bicyclic) bond motifs is 4. The molecule has 3 aliphatic rings. The number of amides is 2. The highest BCUT2D eigenvalue weighted by Gasteiger charge is 2.39. The molecule has 0 saturated carbocycles. The largest absolute Gasteiger partial charge is 0.484 e. The van der Waals surface area contributed by atoms with Crippen molar-refractivity contribution in [1.82, 2.24) is 50.1 Å². The minimum Gasteiger partial charge on any atom is -0.484 e. The van der Waals surface area contributed by atoms with Crippen molar-refractivity contribution in [2.24, 2.45) is 0 Å². The Labute approximate surface area is 374 Å². The summed E-state index contributed by atoms with van der Waals surface area (Å²) < 4.78 is 12.9. The van der Waals surface area contributed by atoms with Gasteiger partial charge in [-0.05, 0) is 95.7 Å². The maximum absolute atomic E-state index is 12.3. The highest BCUT2D eigenvalue weighted by atomic mass is 79.9. The number of piperidine rings is 1. The first-order valence-corrected chi connectivity index (χ1v) is 21.8. The molecule has 3 N–H and O–H groups in total. The van der Waals surface area contributed by atoms with E-state index in [0.717, 1.165) is 65.8 Å². The zero-order valence-corrected chi connectivity index (χ0v) is 37.8. The van der Waals surface area contributed by atoms with Crippen molar-refractivity contribution in [1.29, 1.82) is 0 Å². The first-order valence-electron chi connectivity index (χ1n) is 20.2. The van der Waals surface area contributed by atoms with Crippen molar-refractivity contribution >= 4 is 89.5 Å². The number of rotatable bonds is 11. The highest BCUT2D eigenvalue weighted by molar-refractivity contribution is 9.10. The normalized spacial score (nSPS) is 17.3. The Morgan fingerprint density at radius 2 is 1.24 bits per heavy atom. The molecule has 0 aliphatic carbocycles. The number of anilines is 4. The summed E-state index contributed by atoms with van der Waals surface area (Å²) in [5, 5.41) is 8.91. The highest BCUT2D eigenvalue weighted by Crippen LogP contribution is 2.29. The first kappa shape index (κ1) is 43.0. The molecule has 9 rings (SSSR count). The molecule has 7 heterocycles. The summed E-state index contributed by atoms with van der Waals surface area (Å²) in [6.07, 6.45) is 6.29. The Morgan fingerprint density at radius 1 is 0.742 bits per heavy atom. The minimum atomic E-state index is -0.319. The smallest absolute Gasteiger partial charge is 0.263 e. The third-order valence-corrected chi connectivity index (χ3v) is 11.9. The van der Waals surface area contributed by atoms with Gasteiger partial charge < -0.3 is 40.1 Å². The lowest BCUT2D eigenvalue weighted by Gasteiger charge is -2.35. The van der Waals surface area contributed by atoms with Gasteiger partial charge in [0.2, 0.25) is 11.9 Å². The van der Waals surface area contributed by atoms with Crippen LogP contribution in [0.25, 0.3) is 22.3 Å². The number of aromatic nitrogens is 8. The van der Waals surface area contributed by atoms with E-state index in [4.69, 9.17) is 9.47 Å². The molecule has 20 heteroatoms. The minimum absolute atomic E-state index is 0.124. The molecule has 0 radical (unpaired) electrons. The molecule has 18 nitrogen and oxygen atoms in total. The summed E-state index contributed by atoms with van der Waals surface area (Å²) in [5.74, 6) is 2.65. The standard InChI is InChI=1S/C22H26BrN7O2.C20H20BrN7O2/c1-14-20-21(28-22(25-14)30-10-8-16(9-11-30)29(2)3)24-12-18(27-20)26-19(31)13-32-17-6-4-15(23)5-7-17;1-11-18-19(27-20(24-11)28-9-13-6-14(28)7-22-13)23-8-16(26-18)25-17(29)10-30-15-4-2-12(21)3-5-15/h4-7,12,16H,8-11,13H2,1-3H3,(H,26,27,31);2-5,8,13-14,22H,6-7,9-10H2,1H3,(H,25,26,29). The van der Waals surface area contributed by atoms with Gasteiger partial charge in [-0.1, -0.05) is 31.9 Å². The average molecular weight is 971 g/mol. The fourth-order valence-electron chi connectivity index (χ4n) is 7.56. The molecular weight excluding hydrogens is 924 g/mol. The Balaban J connectivity index is 0.000000171. The topological polar surface area (TPSA) is 202 Å². The lowest BCUT2D eigenvalue weighted by Crippen LogP contribution is -2.44. The van der Waals surface area contributed by atoms with E-state index in [1.165, 1.54) is 12.4 Å². The van der Waals surface area contributed by atoms with Crippen molar-refractivity contribution < 1.29 is 19.1 Å². The number of nitrogens with one attached hydrogen (secondary N) is 3. The summed E-state index contributed by atoms with van der Waals surface area (Å²) in [6.45, 7) is 7.22. The summed E-state index contributed by atoms with van der Waals surface area (Å²) in [7, 11) is 4.24. The van der Waals surface area contributed by atoms with Gasteiger partial charge in [-0.25, -0.2) is 29.9 Å². The van der Waals surface area contributed by atoms with Crippen LogP contribution in [0.4, 0.5) is 23.5 Å². The van der Waals surface area contributed by atoms with Crippen LogP contribution in [-0.2, 0) is 9.59 Å². The molecule has 2 bridgehead atoms. The number of hydrogen-bond donors (Lipinski definition) is 3. The quantitative estimate of drug-likeness (QED) is 0.155. The summed E-state index contributed by atoms with van der Waals surface area (Å²) in [4.78, 5) is 67.5. The van der Waals surface area contributed by atoms with Gasteiger partial charge >= 0.3 is 0 Å². The molecule has 2 atom stereocenters. The molecule has 2 unspecified atom stereocenters. The van der Waals surface area contributed by atoms with Crippen molar-refractivity contribution in [2.75, 3.05) is 73.9 Å². The molecule has 3 aliphatic heterocycles. The van der Waals surface area contributed by atoms with Crippen molar-refractivity contribution in [3.63, 3.8) is 0 Å². The number of carbonyl (C=O) groups excluding carboxylic acids is 2. The van der Waals surface area contributed by atoms with E-state index in [1.54, 1.807) is 24.3 Å². The van der Waals surface area contributed by atoms with Gasteiger partial charge in [-0.15, -0.1) is 0 Å². The number of benzene rings is 2. The maximum atomic E-state index is 12.3. The van der Waals surface area contributed by atoms with Crippen molar-refractivity contribution in [3.05, 3.63) is 81.3 Å². The van der Waals surface area contributed by atoms with Gasteiger partial charge in [0.05, 0.1) is 23.8 Å². The van der Waals surface area contributed by atoms with Crippen LogP contribution in [0.2, 0.25) is 0 Å². The maximum Gasteiger partial charge on any atom is 0.263 e. The van der Waals surface area contributed by atoms with E-state index >= 15 is 0 Å². The second-order valence-electron chi connectivity index (χ2n) is 15.5. The van der Waals surface area contributed by atoms with Gasteiger partial charge in [0.25, 0.3) is 11.8 Å². The lowest BCUT2D eigenvalue weighted by molar-refractivity contribution is -0.118. The number of carbonyl (C=O) groups is 2. The average Bonchev–Trinajstić information content (AvgIpc) is 3.91. The molecule has 4 aromatic heterocycles. The van der Waals surface area contributed by atoms with Crippen molar-refractivity contribution in [3.8, 4) is 11.5 Å². The van der Waals surface area contributed by atoms with Crippen LogP contribution >= 0.6 is 31.9 Å².